The standard InChI is InChI=1S/C15H21N3O/c1-4-18-11-13(10-17-18)9-16-15-7-6-14(19-5-2)8-12(15)3/h6-8,10-11,16H,4-5,9H2,1-3H3. The topological polar surface area (TPSA) is 39.1 Å². The Balaban J connectivity index is 1.99. The molecular formula is C15H21N3O. The van der Waals surface area contributed by atoms with Crippen molar-refractivity contribution in [3.63, 3.8) is 0 Å². The maximum absolute atomic E-state index is 5.48. The highest BCUT2D eigenvalue weighted by atomic mass is 16.5. The fraction of sp³-hybridized carbons (Fsp3) is 0.400. The van der Waals surface area contributed by atoms with Gasteiger partial charge in [0.15, 0.2) is 0 Å². The lowest BCUT2D eigenvalue weighted by Crippen LogP contribution is -2.01. The number of aromatic nitrogens is 2. The molecule has 2 aromatic rings. The van der Waals surface area contributed by atoms with E-state index in [1.807, 2.05) is 23.9 Å². The molecule has 4 heteroatoms. The van der Waals surface area contributed by atoms with Crippen LogP contribution in [0.5, 0.6) is 5.75 Å². The van der Waals surface area contributed by atoms with Gasteiger partial charge in [0, 0.05) is 30.5 Å². The Morgan fingerprint density at radius 3 is 2.79 bits per heavy atom. The summed E-state index contributed by atoms with van der Waals surface area (Å²) in [5, 5.41) is 7.69. The van der Waals surface area contributed by atoms with E-state index >= 15 is 0 Å². The predicted molar refractivity (Wildman–Crippen MR) is 77.6 cm³/mol. The summed E-state index contributed by atoms with van der Waals surface area (Å²) < 4.78 is 7.41. The summed E-state index contributed by atoms with van der Waals surface area (Å²) in [6.45, 7) is 8.55. The van der Waals surface area contributed by atoms with Gasteiger partial charge in [0.1, 0.15) is 5.75 Å². The minimum absolute atomic E-state index is 0.697. The summed E-state index contributed by atoms with van der Waals surface area (Å²) in [6.07, 6.45) is 3.97. The number of rotatable bonds is 6. The van der Waals surface area contributed by atoms with Crippen molar-refractivity contribution in [1.29, 1.82) is 0 Å². The largest absolute Gasteiger partial charge is 0.494 e. The van der Waals surface area contributed by atoms with E-state index in [1.54, 1.807) is 0 Å². The summed E-state index contributed by atoms with van der Waals surface area (Å²) in [4.78, 5) is 0. The van der Waals surface area contributed by atoms with E-state index in [0.717, 1.165) is 24.5 Å². The number of nitrogens with zero attached hydrogens (tertiary/aromatic N) is 2. The highest BCUT2D eigenvalue weighted by molar-refractivity contribution is 5.53. The third kappa shape index (κ3) is 3.50. The lowest BCUT2D eigenvalue weighted by atomic mass is 10.2. The van der Waals surface area contributed by atoms with Crippen molar-refractivity contribution in [1.82, 2.24) is 9.78 Å². The molecule has 0 atom stereocenters. The fourth-order valence-corrected chi connectivity index (χ4v) is 1.96. The van der Waals surface area contributed by atoms with E-state index in [2.05, 4.69) is 42.6 Å². The van der Waals surface area contributed by atoms with Gasteiger partial charge >= 0.3 is 0 Å². The number of ether oxygens (including phenoxy) is 1. The van der Waals surface area contributed by atoms with E-state index in [4.69, 9.17) is 4.74 Å². The van der Waals surface area contributed by atoms with Crippen molar-refractivity contribution in [3.8, 4) is 5.75 Å². The summed E-state index contributed by atoms with van der Waals surface area (Å²) in [7, 11) is 0. The highest BCUT2D eigenvalue weighted by Crippen LogP contribution is 2.21. The number of hydrogen-bond donors (Lipinski definition) is 1. The van der Waals surface area contributed by atoms with Crippen LogP contribution in [0.4, 0.5) is 5.69 Å². The van der Waals surface area contributed by atoms with E-state index < -0.39 is 0 Å². The Morgan fingerprint density at radius 2 is 2.16 bits per heavy atom. The molecule has 0 saturated heterocycles. The molecule has 2 rings (SSSR count). The Hall–Kier alpha value is -1.97. The lowest BCUT2D eigenvalue weighted by molar-refractivity contribution is 0.340. The fourth-order valence-electron chi connectivity index (χ4n) is 1.96. The number of benzene rings is 1. The Labute approximate surface area is 114 Å². The highest BCUT2D eigenvalue weighted by Gasteiger charge is 2.02. The normalized spacial score (nSPS) is 10.5. The number of nitrogens with one attached hydrogen (secondary N) is 1. The van der Waals surface area contributed by atoms with Crippen molar-refractivity contribution in [3.05, 3.63) is 41.7 Å². The van der Waals surface area contributed by atoms with Gasteiger partial charge in [-0.15, -0.1) is 0 Å². The van der Waals surface area contributed by atoms with Gasteiger partial charge in [-0.05, 0) is 44.5 Å². The summed E-state index contributed by atoms with van der Waals surface area (Å²) in [5.41, 5.74) is 3.51. The second-order valence-electron chi connectivity index (χ2n) is 4.47. The molecule has 0 aliphatic carbocycles. The Kier molecular flexibility index (Phi) is 4.44. The molecule has 1 heterocycles. The maximum atomic E-state index is 5.48. The van der Waals surface area contributed by atoms with Crippen molar-refractivity contribution in [2.75, 3.05) is 11.9 Å². The van der Waals surface area contributed by atoms with E-state index in [0.29, 0.717) is 6.61 Å². The SMILES string of the molecule is CCOc1ccc(NCc2cnn(CC)c2)c(C)c1. The van der Waals surface area contributed by atoms with Gasteiger partial charge in [-0.2, -0.15) is 5.10 Å². The summed E-state index contributed by atoms with van der Waals surface area (Å²) in [6, 6.07) is 6.11. The van der Waals surface area contributed by atoms with Crippen LogP contribution >= 0.6 is 0 Å². The zero-order chi connectivity index (χ0) is 13.7. The first-order valence-corrected chi connectivity index (χ1v) is 6.71. The predicted octanol–water partition coefficient (Wildman–Crippen LogP) is 3.22. The maximum Gasteiger partial charge on any atom is 0.119 e. The molecule has 19 heavy (non-hydrogen) atoms. The molecule has 1 aromatic heterocycles. The van der Waals surface area contributed by atoms with Crippen LogP contribution in [0.15, 0.2) is 30.6 Å². The van der Waals surface area contributed by atoms with Gasteiger partial charge in [0.05, 0.1) is 12.8 Å². The molecule has 0 aliphatic heterocycles. The van der Waals surface area contributed by atoms with Gasteiger partial charge in [-0.3, -0.25) is 4.68 Å². The quantitative estimate of drug-likeness (QED) is 0.865. The molecule has 0 radical (unpaired) electrons. The zero-order valence-electron chi connectivity index (χ0n) is 11.8. The van der Waals surface area contributed by atoms with E-state index in [-0.39, 0.29) is 0 Å². The molecule has 102 valence electrons. The van der Waals surface area contributed by atoms with E-state index in [1.165, 1.54) is 11.1 Å². The first-order chi connectivity index (χ1) is 9.22. The van der Waals surface area contributed by atoms with Gasteiger partial charge in [0.2, 0.25) is 0 Å². The molecule has 0 spiro atoms. The third-order valence-electron chi connectivity index (χ3n) is 3.00. The average molecular weight is 259 g/mol. The minimum Gasteiger partial charge on any atom is -0.494 e. The van der Waals surface area contributed by atoms with Crippen LogP contribution in [0.1, 0.15) is 25.0 Å². The molecule has 1 N–H and O–H groups in total. The van der Waals surface area contributed by atoms with Gasteiger partial charge in [0.25, 0.3) is 0 Å². The van der Waals surface area contributed by atoms with Gasteiger partial charge < -0.3 is 10.1 Å². The van der Waals surface area contributed by atoms with Crippen LogP contribution in [0.2, 0.25) is 0 Å². The second-order valence-corrected chi connectivity index (χ2v) is 4.47. The van der Waals surface area contributed by atoms with Crippen LogP contribution in [0, 0.1) is 6.92 Å². The molecule has 0 aliphatic rings. The molecule has 0 bridgehead atoms. The van der Waals surface area contributed by atoms with Crippen LogP contribution in [0.25, 0.3) is 0 Å². The first kappa shape index (κ1) is 13.5. The van der Waals surface area contributed by atoms with Crippen molar-refractivity contribution >= 4 is 5.69 Å². The molecule has 0 fully saturated rings. The average Bonchev–Trinajstić information content (AvgIpc) is 2.86. The Morgan fingerprint density at radius 1 is 1.32 bits per heavy atom. The van der Waals surface area contributed by atoms with Crippen LogP contribution < -0.4 is 10.1 Å². The van der Waals surface area contributed by atoms with Crippen LogP contribution in [-0.2, 0) is 13.1 Å². The monoisotopic (exact) mass is 259 g/mol. The van der Waals surface area contributed by atoms with E-state index in [9.17, 15) is 0 Å². The minimum atomic E-state index is 0.697. The van der Waals surface area contributed by atoms with Crippen molar-refractivity contribution in [2.24, 2.45) is 0 Å². The molecule has 0 unspecified atom stereocenters. The molecule has 0 saturated carbocycles. The first-order valence-electron chi connectivity index (χ1n) is 6.71. The van der Waals surface area contributed by atoms with Gasteiger partial charge in [-0.25, -0.2) is 0 Å². The van der Waals surface area contributed by atoms with Crippen molar-refractivity contribution < 1.29 is 4.74 Å². The Bertz CT molecular complexity index is 534. The smallest absolute Gasteiger partial charge is 0.119 e. The lowest BCUT2D eigenvalue weighted by Gasteiger charge is -2.10. The van der Waals surface area contributed by atoms with Crippen molar-refractivity contribution in [2.45, 2.75) is 33.9 Å². The second kappa shape index (κ2) is 6.27. The number of aryl methyl sites for hydroxylation is 2. The van der Waals surface area contributed by atoms with Crippen LogP contribution in [-0.4, -0.2) is 16.4 Å². The van der Waals surface area contributed by atoms with Gasteiger partial charge in [-0.1, -0.05) is 0 Å². The molecular weight excluding hydrogens is 238 g/mol. The molecule has 0 amide bonds. The molecule has 1 aromatic carbocycles. The number of hydrogen-bond acceptors (Lipinski definition) is 3. The zero-order valence-corrected chi connectivity index (χ0v) is 11.8. The summed E-state index contributed by atoms with van der Waals surface area (Å²) >= 11 is 0. The summed E-state index contributed by atoms with van der Waals surface area (Å²) in [5.74, 6) is 0.921. The third-order valence-corrected chi connectivity index (χ3v) is 3.00. The van der Waals surface area contributed by atoms with Crippen LogP contribution in [0.3, 0.4) is 0 Å². The molecule has 4 nitrogen and oxygen atoms in total. The number of anilines is 1.